The first-order chi connectivity index (χ1) is 8.04. The van der Waals surface area contributed by atoms with Gasteiger partial charge in [-0.15, -0.1) is 0 Å². The molecule has 2 atom stereocenters. The van der Waals surface area contributed by atoms with Crippen molar-refractivity contribution >= 4 is 0 Å². The summed E-state index contributed by atoms with van der Waals surface area (Å²) in [5.74, 6) is 0. The van der Waals surface area contributed by atoms with Gasteiger partial charge in [-0.2, -0.15) is 5.10 Å². The molecular formula is C13H25N3O. The van der Waals surface area contributed by atoms with Crippen LogP contribution < -0.4 is 5.32 Å². The number of aromatic nitrogens is 2. The molecule has 0 aliphatic carbocycles. The van der Waals surface area contributed by atoms with Gasteiger partial charge in [0, 0.05) is 23.8 Å². The highest BCUT2D eigenvalue weighted by Gasteiger charge is 2.09. The largest absolute Gasteiger partial charge is 0.393 e. The molecule has 1 aromatic heterocycles. The summed E-state index contributed by atoms with van der Waals surface area (Å²) in [4.78, 5) is 0. The molecule has 0 aliphatic rings. The summed E-state index contributed by atoms with van der Waals surface area (Å²) in [6.45, 7) is 9.20. The van der Waals surface area contributed by atoms with Crippen molar-refractivity contribution in [2.24, 2.45) is 0 Å². The van der Waals surface area contributed by atoms with E-state index in [1.807, 2.05) is 17.8 Å². The van der Waals surface area contributed by atoms with E-state index in [9.17, 15) is 5.11 Å². The number of rotatable bonds is 7. The summed E-state index contributed by atoms with van der Waals surface area (Å²) < 4.78 is 1.97. The summed E-state index contributed by atoms with van der Waals surface area (Å²) in [5.41, 5.74) is 1.20. The average Bonchev–Trinajstić information content (AvgIpc) is 2.78. The predicted molar refractivity (Wildman–Crippen MR) is 69.9 cm³/mol. The van der Waals surface area contributed by atoms with E-state index in [4.69, 9.17) is 0 Å². The molecule has 0 amide bonds. The predicted octanol–water partition coefficient (Wildman–Crippen LogP) is 2.28. The number of aliphatic hydroxyl groups excluding tert-OH is 1. The summed E-state index contributed by atoms with van der Waals surface area (Å²) in [7, 11) is 0. The molecule has 0 fully saturated rings. The molecule has 4 nitrogen and oxygen atoms in total. The normalized spacial score (nSPS) is 15.2. The number of hydrogen-bond donors (Lipinski definition) is 2. The Morgan fingerprint density at radius 1 is 1.41 bits per heavy atom. The SMILES string of the molecule is CCC(O)CCNC(C)c1cnn(C(C)C)c1. The third-order valence-corrected chi connectivity index (χ3v) is 3.05. The monoisotopic (exact) mass is 239 g/mol. The van der Waals surface area contributed by atoms with Gasteiger partial charge in [-0.05, 0) is 40.2 Å². The van der Waals surface area contributed by atoms with E-state index < -0.39 is 0 Å². The fourth-order valence-corrected chi connectivity index (χ4v) is 1.65. The average molecular weight is 239 g/mol. The van der Waals surface area contributed by atoms with Crippen LogP contribution in [0, 0.1) is 0 Å². The van der Waals surface area contributed by atoms with Crippen LogP contribution in [0.4, 0.5) is 0 Å². The van der Waals surface area contributed by atoms with Crippen molar-refractivity contribution in [1.29, 1.82) is 0 Å². The van der Waals surface area contributed by atoms with Gasteiger partial charge in [-0.1, -0.05) is 6.92 Å². The van der Waals surface area contributed by atoms with Gasteiger partial charge < -0.3 is 10.4 Å². The minimum atomic E-state index is -0.187. The lowest BCUT2D eigenvalue weighted by molar-refractivity contribution is 0.159. The summed E-state index contributed by atoms with van der Waals surface area (Å²) in [5, 5.41) is 17.2. The van der Waals surface area contributed by atoms with E-state index in [2.05, 4.69) is 37.4 Å². The van der Waals surface area contributed by atoms with Crippen molar-refractivity contribution in [2.45, 2.75) is 58.7 Å². The Morgan fingerprint density at radius 2 is 2.12 bits per heavy atom. The van der Waals surface area contributed by atoms with E-state index in [1.54, 1.807) is 0 Å². The molecule has 4 heteroatoms. The van der Waals surface area contributed by atoms with Crippen LogP contribution in [0.2, 0.25) is 0 Å². The first kappa shape index (κ1) is 14.2. The fraction of sp³-hybridized carbons (Fsp3) is 0.769. The van der Waals surface area contributed by atoms with Crippen LogP contribution in [0.15, 0.2) is 12.4 Å². The molecule has 0 bridgehead atoms. The van der Waals surface area contributed by atoms with Crippen LogP contribution in [0.3, 0.4) is 0 Å². The Kier molecular flexibility index (Phi) is 5.65. The second-order valence-electron chi connectivity index (χ2n) is 4.87. The van der Waals surface area contributed by atoms with Crippen LogP contribution in [0.25, 0.3) is 0 Å². The molecule has 2 unspecified atom stereocenters. The molecule has 98 valence electrons. The smallest absolute Gasteiger partial charge is 0.0549 e. The third kappa shape index (κ3) is 4.48. The van der Waals surface area contributed by atoms with Gasteiger partial charge in [0.25, 0.3) is 0 Å². The molecule has 17 heavy (non-hydrogen) atoms. The van der Waals surface area contributed by atoms with Crippen LogP contribution >= 0.6 is 0 Å². The minimum absolute atomic E-state index is 0.187. The molecular weight excluding hydrogens is 214 g/mol. The highest BCUT2D eigenvalue weighted by Crippen LogP contribution is 2.13. The Labute approximate surface area is 104 Å². The summed E-state index contributed by atoms with van der Waals surface area (Å²) >= 11 is 0. The topological polar surface area (TPSA) is 50.1 Å². The lowest BCUT2D eigenvalue weighted by atomic mass is 10.1. The lowest BCUT2D eigenvalue weighted by Crippen LogP contribution is -2.23. The first-order valence-electron chi connectivity index (χ1n) is 6.50. The molecule has 0 saturated carbocycles. The van der Waals surface area contributed by atoms with Crippen molar-refractivity contribution < 1.29 is 5.11 Å². The molecule has 0 spiro atoms. The zero-order valence-corrected chi connectivity index (χ0v) is 11.3. The quantitative estimate of drug-likeness (QED) is 0.767. The highest BCUT2D eigenvalue weighted by molar-refractivity contribution is 5.09. The zero-order chi connectivity index (χ0) is 12.8. The molecule has 0 saturated heterocycles. The molecule has 1 rings (SSSR count). The maximum absolute atomic E-state index is 9.46. The summed E-state index contributed by atoms with van der Waals surface area (Å²) in [6.07, 6.45) is 5.43. The maximum atomic E-state index is 9.46. The second kappa shape index (κ2) is 6.77. The molecule has 1 aromatic rings. The molecule has 0 radical (unpaired) electrons. The van der Waals surface area contributed by atoms with E-state index >= 15 is 0 Å². The Morgan fingerprint density at radius 3 is 2.65 bits per heavy atom. The van der Waals surface area contributed by atoms with Crippen molar-refractivity contribution in [3.05, 3.63) is 18.0 Å². The molecule has 0 aromatic carbocycles. The van der Waals surface area contributed by atoms with E-state index in [0.717, 1.165) is 19.4 Å². The van der Waals surface area contributed by atoms with E-state index in [0.29, 0.717) is 6.04 Å². The Balaban J connectivity index is 2.38. The van der Waals surface area contributed by atoms with Crippen molar-refractivity contribution in [1.82, 2.24) is 15.1 Å². The van der Waals surface area contributed by atoms with Gasteiger partial charge in [0.1, 0.15) is 0 Å². The van der Waals surface area contributed by atoms with E-state index in [-0.39, 0.29) is 12.1 Å². The van der Waals surface area contributed by atoms with Crippen LogP contribution in [-0.2, 0) is 0 Å². The van der Waals surface area contributed by atoms with Gasteiger partial charge in [0.2, 0.25) is 0 Å². The Bertz CT molecular complexity index is 322. The molecule has 0 aliphatic heterocycles. The minimum Gasteiger partial charge on any atom is -0.393 e. The number of hydrogen-bond acceptors (Lipinski definition) is 3. The summed E-state index contributed by atoms with van der Waals surface area (Å²) in [6, 6.07) is 0.685. The van der Waals surface area contributed by atoms with Crippen LogP contribution in [-0.4, -0.2) is 27.5 Å². The van der Waals surface area contributed by atoms with Crippen molar-refractivity contribution in [3.63, 3.8) is 0 Å². The van der Waals surface area contributed by atoms with Gasteiger partial charge in [-0.3, -0.25) is 4.68 Å². The van der Waals surface area contributed by atoms with Gasteiger partial charge >= 0.3 is 0 Å². The number of nitrogens with one attached hydrogen (secondary N) is 1. The second-order valence-corrected chi connectivity index (χ2v) is 4.87. The van der Waals surface area contributed by atoms with Crippen LogP contribution in [0.1, 0.15) is 58.2 Å². The highest BCUT2D eigenvalue weighted by atomic mass is 16.3. The van der Waals surface area contributed by atoms with Gasteiger partial charge in [0.15, 0.2) is 0 Å². The van der Waals surface area contributed by atoms with Crippen molar-refractivity contribution in [3.8, 4) is 0 Å². The first-order valence-corrected chi connectivity index (χ1v) is 6.50. The maximum Gasteiger partial charge on any atom is 0.0549 e. The number of nitrogens with zero attached hydrogens (tertiary/aromatic N) is 2. The van der Waals surface area contributed by atoms with Gasteiger partial charge in [-0.25, -0.2) is 0 Å². The third-order valence-electron chi connectivity index (χ3n) is 3.05. The fourth-order valence-electron chi connectivity index (χ4n) is 1.65. The Hall–Kier alpha value is -0.870. The number of aliphatic hydroxyl groups is 1. The standard InChI is InChI=1S/C13H25N3O/c1-5-13(17)6-7-14-11(4)12-8-15-16(9-12)10(2)3/h8-11,13-14,17H,5-7H2,1-4H3. The van der Waals surface area contributed by atoms with Gasteiger partial charge in [0.05, 0.1) is 12.3 Å². The van der Waals surface area contributed by atoms with E-state index in [1.165, 1.54) is 5.56 Å². The molecule has 1 heterocycles. The molecule has 2 N–H and O–H groups in total. The zero-order valence-electron chi connectivity index (χ0n) is 11.3. The van der Waals surface area contributed by atoms with Crippen molar-refractivity contribution in [2.75, 3.05) is 6.54 Å². The van der Waals surface area contributed by atoms with Crippen LogP contribution in [0.5, 0.6) is 0 Å². The lowest BCUT2D eigenvalue weighted by Gasteiger charge is -2.14.